The molecule has 0 unspecified atom stereocenters. The molecule has 0 amide bonds. The smallest absolute Gasteiger partial charge is 0.222 e. The van der Waals surface area contributed by atoms with Gasteiger partial charge in [-0.1, -0.05) is 41.5 Å². The molecule has 0 aliphatic rings. The number of nitrogens with two attached hydrogens (primary N) is 6. The van der Waals surface area contributed by atoms with E-state index in [0.717, 1.165) is 22.4 Å². The molecule has 0 bridgehead atoms. The minimum Gasteiger partial charge on any atom is -0.507 e. The lowest BCUT2D eigenvalue weighted by molar-refractivity contribution is 0.100. The van der Waals surface area contributed by atoms with Gasteiger partial charge in [-0.05, 0) is 74.1 Å². The van der Waals surface area contributed by atoms with Gasteiger partial charge in [-0.2, -0.15) is 15.0 Å². The van der Waals surface area contributed by atoms with Gasteiger partial charge < -0.3 is 63.2 Å². The van der Waals surface area contributed by atoms with E-state index < -0.39 is 0 Å². The number of ether oxygens (including phenoxy) is 5. The lowest BCUT2D eigenvalue weighted by atomic mass is 9.98. The van der Waals surface area contributed by atoms with Crippen LogP contribution in [0.2, 0.25) is 0 Å². The number of carbonyl (C=O) groups excluding carboxylic acids is 2. The summed E-state index contributed by atoms with van der Waals surface area (Å²) in [6.07, 6.45) is 4.23. The third-order valence-electron chi connectivity index (χ3n) is 9.37. The van der Waals surface area contributed by atoms with Crippen LogP contribution < -0.4 is 58.1 Å². The number of hydrogen-bond acceptors (Lipinski definition) is 20. The molecular weight excluding hydrogens is 837 g/mol. The van der Waals surface area contributed by atoms with E-state index in [2.05, 4.69) is 43.8 Å². The summed E-state index contributed by atoms with van der Waals surface area (Å²) in [4.78, 5) is 46.5. The average Bonchev–Trinajstić information content (AvgIpc) is 3.24. The second kappa shape index (κ2) is 21.8. The maximum absolute atomic E-state index is 11.8. The van der Waals surface area contributed by atoms with Gasteiger partial charge in [0.15, 0.2) is 46.3 Å². The van der Waals surface area contributed by atoms with Crippen LogP contribution in [0.5, 0.6) is 51.7 Å². The number of phenolic OH excluding ortho intramolecular Hbond substituents is 1. The molecule has 0 radical (unpaired) electrons. The van der Waals surface area contributed by atoms with Crippen molar-refractivity contribution in [2.45, 2.75) is 73.1 Å². The highest BCUT2D eigenvalue weighted by atomic mass is 16.5. The van der Waals surface area contributed by atoms with Gasteiger partial charge in [-0.15, -0.1) is 0 Å². The van der Waals surface area contributed by atoms with Crippen molar-refractivity contribution in [3.63, 3.8) is 0 Å². The molecule has 0 aliphatic heterocycles. The summed E-state index contributed by atoms with van der Waals surface area (Å²) >= 11 is 0. The standard InChI is InChI=1S/C16H20N4O3.C15H18N4O3.C14H18N4O2/c1-8(2)10-5-12(22-4)11(9(3)21)6-13(10)23-14-7-19-16(18)20-15(14)17;1-7(2)9-4-11(21)10(8(3)20)5-12(9)22-13-6-18-15(17)19-14(13)16;1-8(2)10-6-9(19-3)4-5-11(10)20-12-7-17-14(16)18-13(12)15/h5-8H,1-4H3,(H4,17,18,19,20);4-7,21H,1-3H3,(H4,16,17,18,19);4-8H,1-3H3,(H4,15,16,17,18). The van der Waals surface area contributed by atoms with Gasteiger partial charge in [0.1, 0.15) is 34.5 Å². The van der Waals surface area contributed by atoms with Gasteiger partial charge >= 0.3 is 0 Å². The molecule has 0 aliphatic carbocycles. The Labute approximate surface area is 376 Å². The Morgan fingerprint density at radius 2 is 0.877 bits per heavy atom. The van der Waals surface area contributed by atoms with Crippen LogP contribution in [0.25, 0.3) is 0 Å². The summed E-state index contributed by atoms with van der Waals surface area (Å²) in [5, 5.41) is 9.95. The van der Waals surface area contributed by atoms with E-state index in [1.165, 1.54) is 51.7 Å². The van der Waals surface area contributed by atoms with E-state index in [4.69, 9.17) is 58.1 Å². The Balaban J connectivity index is 0.000000214. The molecule has 20 nitrogen and oxygen atoms in total. The van der Waals surface area contributed by atoms with Gasteiger partial charge in [0.05, 0.1) is 43.9 Å². The molecule has 6 rings (SSSR count). The van der Waals surface area contributed by atoms with E-state index in [9.17, 15) is 14.7 Å². The van der Waals surface area contributed by atoms with Crippen LogP contribution in [-0.4, -0.2) is 60.8 Å². The topological polar surface area (TPSA) is 334 Å². The van der Waals surface area contributed by atoms with Crippen molar-refractivity contribution in [2.24, 2.45) is 0 Å². The molecule has 20 heteroatoms. The lowest BCUT2D eigenvalue weighted by Crippen LogP contribution is -2.05. The van der Waals surface area contributed by atoms with Gasteiger partial charge in [0.25, 0.3) is 0 Å². The van der Waals surface area contributed by atoms with E-state index in [1.807, 2.05) is 45.9 Å². The largest absolute Gasteiger partial charge is 0.507 e. The van der Waals surface area contributed by atoms with Crippen molar-refractivity contribution >= 4 is 46.9 Å². The maximum atomic E-state index is 11.8. The Morgan fingerprint density at radius 3 is 1.25 bits per heavy atom. The van der Waals surface area contributed by atoms with Crippen molar-refractivity contribution < 1.29 is 38.4 Å². The van der Waals surface area contributed by atoms with Crippen molar-refractivity contribution in [3.05, 3.63) is 88.9 Å². The lowest BCUT2D eigenvalue weighted by Gasteiger charge is -2.17. The van der Waals surface area contributed by atoms with Crippen LogP contribution >= 0.6 is 0 Å². The van der Waals surface area contributed by atoms with E-state index in [1.54, 1.807) is 19.2 Å². The van der Waals surface area contributed by atoms with E-state index in [-0.39, 0.29) is 87.4 Å². The van der Waals surface area contributed by atoms with Crippen molar-refractivity contribution in [2.75, 3.05) is 48.6 Å². The fourth-order valence-electron chi connectivity index (χ4n) is 5.95. The normalized spacial score (nSPS) is 10.7. The molecule has 3 aromatic heterocycles. The zero-order valence-corrected chi connectivity index (χ0v) is 38.0. The first-order valence-corrected chi connectivity index (χ1v) is 20.1. The van der Waals surface area contributed by atoms with Crippen molar-refractivity contribution in [1.29, 1.82) is 0 Å². The van der Waals surface area contributed by atoms with Crippen LogP contribution in [0.15, 0.2) is 61.1 Å². The zero-order chi connectivity index (χ0) is 48.3. The van der Waals surface area contributed by atoms with Gasteiger partial charge in [-0.25, -0.2) is 15.0 Å². The summed E-state index contributed by atoms with van der Waals surface area (Å²) in [5.41, 5.74) is 36.9. The highest BCUT2D eigenvalue weighted by molar-refractivity contribution is 5.98. The predicted molar refractivity (Wildman–Crippen MR) is 249 cm³/mol. The highest BCUT2D eigenvalue weighted by Crippen LogP contribution is 2.39. The summed E-state index contributed by atoms with van der Waals surface area (Å²) < 4.78 is 27.9. The Morgan fingerprint density at radius 1 is 0.492 bits per heavy atom. The molecule has 3 heterocycles. The minimum atomic E-state index is -0.265. The fraction of sp³-hybridized carbons (Fsp3) is 0.289. The monoisotopic (exact) mass is 892 g/mol. The molecule has 0 spiro atoms. The van der Waals surface area contributed by atoms with Crippen LogP contribution in [0.4, 0.5) is 35.3 Å². The van der Waals surface area contributed by atoms with Crippen molar-refractivity contribution in [3.8, 4) is 51.7 Å². The first-order valence-electron chi connectivity index (χ1n) is 20.1. The number of anilines is 6. The molecule has 0 saturated carbocycles. The first kappa shape index (κ1) is 49.5. The number of benzene rings is 3. The minimum absolute atomic E-state index is 0.0454. The number of aromatic hydroxyl groups is 1. The molecule has 3 aromatic carbocycles. The molecule has 0 saturated heterocycles. The molecule has 344 valence electrons. The van der Waals surface area contributed by atoms with Crippen LogP contribution in [-0.2, 0) is 0 Å². The average molecular weight is 893 g/mol. The van der Waals surface area contributed by atoms with Crippen LogP contribution in [0.3, 0.4) is 0 Å². The molecule has 13 N–H and O–H groups in total. The Bertz CT molecular complexity index is 2660. The fourth-order valence-corrected chi connectivity index (χ4v) is 5.95. The summed E-state index contributed by atoms with van der Waals surface area (Å²) in [7, 11) is 3.16. The third kappa shape index (κ3) is 12.9. The molecule has 0 fully saturated rings. The summed E-state index contributed by atoms with van der Waals surface area (Å²) in [6, 6.07) is 12.1. The number of phenols is 1. The number of aromatic nitrogens is 6. The number of nitrogen functional groups attached to an aromatic ring is 6. The van der Waals surface area contributed by atoms with Gasteiger partial charge in [0.2, 0.25) is 17.8 Å². The number of Topliss-reactive ketones (excluding diaryl/α,β-unsaturated/α-hetero) is 2. The molecular formula is C45H56N12O8. The number of methoxy groups -OCH3 is 2. The summed E-state index contributed by atoms with van der Waals surface area (Å²) in [6.45, 7) is 14.9. The first-order chi connectivity index (χ1) is 30.6. The SMILES string of the molecule is CC(=O)c1cc(Oc2cnc(N)nc2N)c(C(C)C)cc1O.COc1cc(C(C)C)c(Oc2cnc(N)nc2N)cc1C(C)=O.COc1ccc(Oc2cnc(N)nc2N)c(C(C)C)c1. The number of carbonyl (C=O) groups is 2. The zero-order valence-electron chi connectivity index (χ0n) is 38.0. The number of hydrogen-bond donors (Lipinski definition) is 7. The van der Waals surface area contributed by atoms with Gasteiger partial charge in [0, 0.05) is 16.7 Å². The van der Waals surface area contributed by atoms with E-state index >= 15 is 0 Å². The maximum Gasteiger partial charge on any atom is 0.222 e. The number of ketones is 2. The Kier molecular flexibility index (Phi) is 16.6. The van der Waals surface area contributed by atoms with Crippen LogP contribution in [0, 0.1) is 0 Å². The predicted octanol–water partition coefficient (Wildman–Crippen LogP) is 7.80. The van der Waals surface area contributed by atoms with E-state index in [0.29, 0.717) is 34.3 Å². The number of nitrogens with zero attached hydrogens (tertiary/aromatic N) is 6. The third-order valence-corrected chi connectivity index (χ3v) is 9.37. The highest BCUT2D eigenvalue weighted by Gasteiger charge is 2.20. The quantitative estimate of drug-likeness (QED) is 0.0543. The van der Waals surface area contributed by atoms with Crippen molar-refractivity contribution in [1.82, 2.24) is 29.9 Å². The second-order valence-electron chi connectivity index (χ2n) is 15.2. The molecule has 6 aromatic rings. The molecule has 0 atom stereocenters. The second-order valence-corrected chi connectivity index (χ2v) is 15.2. The Hall–Kier alpha value is -8.16. The summed E-state index contributed by atoms with van der Waals surface area (Å²) in [5.74, 6) is 4.49. The van der Waals surface area contributed by atoms with Crippen LogP contribution in [0.1, 0.15) is 111 Å². The molecule has 65 heavy (non-hydrogen) atoms. The number of rotatable bonds is 13. The van der Waals surface area contributed by atoms with Gasteiger partial charge in [-0.3, -0.25) is 9.59 Å².